The van der Waals surface area contributed by atoms with Crippen molar-refractivity contribution in [3.05, 3.63) is 0 Å². The van der Waals surface area contributed by atoms with E-state index >= 15 is 0 Å². The van der Waals surface area contributed by atoms with Crippen LogP contribution in [0.1, 0.15) is 13.8 Å². The number of nitrogens with zero attached hydrogens (tertiary/aromatic N) is 1. The monoisotopic (exact) mass is 218 g/mol. The van der Waals surface area contributed by atoms with E-state index in [1.54, 1.807) is 0 Å². The number of methoxy groups -OCH3 is 1. The molecule has 2 N–H and O–H groups in total. The molecule has 0 saturated heterocycles. The highest BCUT2D eigenvalue weighted by Gasteiger charge is 2.16. The van der Waals surface area contributed by atoms with Crippen molar-refractivity contribution in [2.75, 3.05) is 33.9 Å². The summed E-state index contributed by atoms with van der Waals surface area (Å²) >= 11 is 0. The first-order valence-corrected chi connectivity index (χ1v) is 5.14. The summed E-state index contributed by atoms with van der Waals surface area (Å²) < 4.78 is 4.81. The van der Waals surface area contributed by atoms with Crippen LogP contribution in [-0.2, 0) is 9.53 Å². The van der Waals surface area contributed by atoms with Gasteiger partial charge in [0.05, 0.1) is 6.61 Å². The highest BCUT2D eigenvalue weighted by atomic mass is 16.5. The van der Waals surface area contributed by atoms with Gasteiger partial charge in [0.15, 0.2) is 0 Å². The Morgan fingerprint density at radius 3 is 2.53 bits per heavy atom. The van der Waals surface area contributed by atoms with E-state index in [1.165, 1.54) is 7.11 Å². The first kappa shape index (κ1) is 14.3. The van der Waals surface area contributed by atoms with E-state index in [0.717, 1.165) is 6.54 Å². The van der Waals surface area contributed by atoms with Crippen LogP contribution >= 0.6 is 0 Å². The summed E-state index contributed by atoms with van der Waals surface area (Å²) in [4.78, 5) is 12.9. The zero-order valence-corrected chi connectivity index (χ0v) is 9.99. The van der Waals surface area contributed by atoms with Gasteiger partial charge in [0, 0.05) is 26.2 Å². The van der Waals surface area contributed by atoms with Gasteiger partial charge >= 0.3 is 5.97 Å². The first-order valence-electron chi connectivity index (χ1n) is 5.14. The molecule has 0 spiro atoms. The number of aliphatic carboxylic acids is 1. The second-order valence-electron chi connectivity index (χ2n) is 3.87. The van der Waals surface area contributed by atoms with Crippen LogP contribution in [0.15, 0.2) is 0 Å². The second kappa shape index (κ2) is 7.62. The van der Waals surface area contributed by atoms with Gasteiger partial charge in [-0.25, -0.2) is 0 Å². The SMILES string of the molecule is COCC(NCCN(C)C(C)C)C(=O)O. The molecule has 1 unspecified atom stereocenters. The highest BCUT2D eigenvalue weighted by Crippen LogP contribution is 1.92. The predicted octanol–water partition coefficient (Wildman–Crippen LogP) is 0.0158. The fraction of sp³-hybridized carbons (Fsp3) is 0.900. The van der Waals surface area contributed by atoms with Crippen LogP contribution in [0.25, 0.3) is 0 Å². The third kappa shape index (κ3) is 6.43. The molecule has 0 aromatic rings. The summed E-state index contributed by atoms with van der Waals surface area (Å²) in [5.41, 5.74) is 0. The Morgan fingerprint density at radius 1 is 1.53 bits per heavy atom. The predicted molar refractivity (Wildman–Crippen MR) is 59.1 cm³/mol. The molecule has 90 valence electrons. The molecule has 1 atom stereocenters. The number of carbonyl (C=O) groups is 1. The molecular weight excluding hydrogens is 196 g/mol. The standard InChI is InChI=1S/C10H22N2O3/c1-8(2)12(3)6-5-11-9(7-15-4)10(13)14/h8-9,11H,5-7H2,1-4H3,(H,13,14). The average molecular weight is 218 g/mol. The van der Waals surface area contributed by atoms with Gasteiger partial charge in [0.25, 0.3) is 0 Å². The van der Waals surface area contributed by atoms with Gasteiger partial charge in [0.2, 0.25) is 0 Å². The van der Waals surface area contributed by atoms with E-state index in [2.05, 4.69) is 24.1 Å². The summed E-state index contributed by atoms with van der Waals surface area (Å²) in [5.74, 6) is -0.871. The van der Waals surface area contributed by atoms with Crippen molar-refractivity contribution < 1.29 is 14.6 Å². The lowest BCUT2D eigenvalue weighted by Gasteiger charge is -2.22. The molecule has 5 heteroatoms. The Kier molecular flexibility index (Phi) is 7.29. The van der Waals surface area contributed by atoms with Crippen LogP contribution in [0.2, 0.25) is 0 Å². The zero-order valence-electron chi connectivity index (χ0n) is 9.99. The van der Waals surface area contributed by atoms with Gasteiger partial charge in [-0.15, -0.1) is 0 Å². The number of carboxylic acid groups (broad SMARTS) is 1. The molecule has 15 heavy (non-hydrogen) atoms. The molecule has 0 aliphatic rings. The summed E-state index contributed by atoms with van der Waals surface area (Å²) in [6.07, 6.45) is 0. The first-order chi connectivity index (χ1) is 6.99. The van der Waals surface area contributed by atoms with Crippen molar-refractivity contribution in [3.8, 4) is 0 Å². The van der Waals surface area contributed by atoms with Crippen molar-refractivity contribution >= 4 is 5.97 Å². The Labute approximate surface area is 91.4 Å². The number of likely N-dealkylation sites (N-methyl/N-ethyl adjacent to an activating group) is 1. The van der Waals surface area contributed by atoms with E-state index in [4.69, 9.17) is 9.84 Å². The van der Waals surface area contributed by atoms with E-state index in [9.17, 15) is 4.79 Å². The van der Waals surface area contributed by atoms with Gasteiger partial charge in [-0.3, -0.25) is 4.79 Å². The molecule has 0 aliphatic heterocycles. The minimum atomic E-state index is -0.871. The highest BCUT2D eigenvalue weighted by molar-refractivity contribution is 5.73. The van der Waals surface area contributed by atoms with E-state index in [1.807, 2.05) is 7.05 Å². The van der Waals surface area contributed by atoms with Crippen LogP contribution < -0.4 is 5.32 Å². The molecule has 0 bridgehead atoms. The number of carboxylic acids is 1. The Hall–Kier alpha value is -0.650. The fourth-order valence-corrected chi connectivity index (χ4v) is 1.06. The van der Waals surface area contributed by atoms with Gasteiger partial charge in [-0.2, -0.15) is 0 Å². The summed E-state index contributed by atoms with van der Waals surface area (Å²) in [6.45, 7) is 5.87. The molecule has 0 amide bonds. The van der Waals surface area contributed by atoms with Gasteiger partial charge in [-0.1, -0.05) is 0 Å². The Balaban J connectivity index is 3.75. The number of rotatable bonds is 8. The summed E-state index contributed by atoms with van der Waals surface area (Å²) in [6, 6.07) is -0.145. The van der Waals surface area contributed by atoms with Crippen LogP contribution in [0, 0.1) is 0 Å². The van der Waals surface area contributed by atoms with Crippen LogP contribution in [0.4, 0.5) is 0 Å². The van der Waals surface area contributed by atoms with E-state index < -0.39 is 12.0 Å². The maximum atomic E-state index is 10.7. The van der Waals surface area contributed by atoms with Crippen molar-refractivity contribution in [3.63, 3.8) is 0 Å². The maximum Gasteiger partial charge on any atom is 0.323 e. The lowest BCUT2D eigenvalue weighted by Crippen LogP contribution is -2.44. The Bertz CT molecular complexity index is 186. The van der Waals surface area contributed by atoms with Crippen molar-refractivity contribution in [1.82, 2.24) is 10.2 Å². The molecule has 0 aliphatic carbocycles. The van der Waals surface area contributed by atoms with E-state index in [-0.39, 0.29) is 6.61 Å². The van der Waals surface area contributed by atoms with E-state index in [0.29, 0.717) is 12.6 Å². The maximum absolute atomic E-state index is 10.7. The number of hydrogen-bond acceptors (Lipinski definition) is 4. The third-order valence-corrected chi connectivity index (χ3v) is 2.37. The summed E-state index contributed by atoms with van der Waals surface area (Å²) in [7, 11) is 3.51. The molecule has 5 nitrogen and oxygen atoms in total. The number of nitrogens with one attached hydrogen (secondary N) is 1. The zero-order chi connectivity index (χ0) is 11.8. The molecule has 0 radical (unpaired) electrons. The number of hydrogen-bond donors (Lipinski definition) is 2. The average Bonchev–Trinajstić information content (AvgIpc) is 2.15. The number of ether oxygens (including phenoxy) is 1. The molecule has 0 heterocycles. The molecular formula is C10H22N2O3. The van der Waals surface area contributed by atoms with Crippen LogP contribution in [0.5, 0.6) is 0 Å². The second-order valence-corrected chi connectivity index (χ2v) is 3.87. The molecule has 0 aromatic heterocycles. The van der Waals surface area contributed by atoms with Crippen molar-refractivity contribution in [2.24, 2.45) is 0 Å². The lowest BCUT2D eigenvalue weighted by atomic mass is 10.3. The lowest BCUT2D eigenvalue weighted by molar-refractivity contribution is -0.140. The molecule has 0 aromatic carbocycles. The minimum Gasteiger partial charge on any atom is -0.480 e. The molecule has 0 rings (SSSR count). The normalized spacial score (nSPS) is 13.5. The summed E-state index contributed by atoms with van der Waals surface area (Å²) in [5, 5.41) is 11.8. The Morgan fingerprint density at radius 2 is 2.13 bits per heavy atom. The van der Waals surface area contributed by atoms with Crippen LogP contribution in [-0.4, -0.2) is 61.9 Å². The molecule has 0 saturated carbocycles. The van der Waals surface area contributed by atoms with Gasteiger partial charge in [-0.05, 0) is 20.9 Å². The smallest absolute Gasteiger partial charge is 0.323 e. The van der Waals surface area contributed by atoms with Crippen molar-refractivity contribution in [1.29, 1.82) is 0 Å². The fourth-order valence-electron chi connectivity index (χ4n) is 1.06. The topological polar surface area (TPSA) is 61.8 Å². The van der Waals surface area contributed by atoms with Gasteiger partial charge in [0.1, 0.15) is 6.04 Å². The largest absolute Gasteiger partial charge is 0.480 e. The van der Waals surface area contributed by atoms with Crippen LogP contribution in [0.3, 0.4) is 0 Å². The van der Waals surface area contributed by atoms with Gasteiger partial charge < -0.3 is 20.1 Å². The van der Waals surface area contributed by atoms with Crippen molar-refractivity contribution in [2.45, 2.75) is 25.9 Å². The third-order valence-electron chi connectivity index (χ3n) is 2.37. The quantitative estimate of drug-likeness (QED) is 0.601. The molecule has 0 fully saturated rings. The minimum absolute atomic E-state index is 0.195.